The molecule has 0 radical (unpaired) electrons. The molecule has 96 valence electrons. The predicted octanol–water partition coefficient (Wildman–Crippen LogP) is 0.778. The molecule has 0 unspecified atom stereocenters. The minimum Gasteiger partial charge on any atom is -0.346 e. The minimum absolute atomic E-state index is 0.157. The second-order valence-corrected chi connectivity index (χ2v) is 4.47. The molecule has 0 aliphatic rings. The molecule has 0 bridgehead atoms. The first-order chi connectivity index (χ1) is 9.31. The maximum absolute atomic E-state index is 12.0. The van der Waals surface area contributed by atoms with Gasteiger partial charge in [-0.1, -0.05) is 11.8 Å². The molecule has 2 aromatic heterocycles. The third-order valence-corrected chi connectivity index (χ3v) is 3.18. The Kier molecular flexibility index (Phi) is 4.61. The fraction of sp³-hybridized carbons (Fsp3) is 0.154. The Hall–Kier alpha value is -2.23. The number of nitrogens with zero attached hydrogens (tertiary/aromatic N) is 2. The first-order valence-corrected chi connectivity index (χ1v) is 6.48. The molecule has 0 aliphatic carbocycles. The molecule has 1 amide bonds. The number of rotatable bonds is 3. The second kappa shape index (κ2) is 6.64. The lowest BCUT2D eigenvalue weighted by Crippen LogP contribution is -2.23. The molecule has 0 spiro atoms. The Morgan fingerprint density at radius 2 is 2.37 bits per heavy atom. The van der Waals surface area contributed by atoms with E-state index in [0.717, 1.165) is 5.69 Å². The molecule has 5 nitrogen and oxygen atoms in total. The number of thiophene rings is 1. The van der Waals surface area contributed by atoms with Gasteiger partial charge in [0.05, 0.1) is 18.8 Å². The van der Waals surface area contributed by atoms with Crippen LogP contribution in [0, 0.1) is 11.8 Å². The third-order valence-electron chi connectivity index (χ3n) is 2.27. The zero-order valence-electron chi connectivity index (χ0n) is 10.1. The molecule has 0 fully saturated rings. The number of amides is 1. The van der Waals surface area contributed by atoms with Crippen LogP contribution in [0.25, 0.3) is 0 Å². The SMILES string of the molecule is NCC#Cc1ccsc1C(=O)NCc1ccncn1. The number of carbonyl (C=O) groups excluding carboxylic acids is 1. The van der Waals surface area contributed by atoms with E-state index in [9.17, 15) is 4.79 Å². The Morgan fingerprint density at radius 1 is 1.47 bits per heavy atom. The topological polar surface area (TPSA) is 80.9 Å². The van der Waals surface area contributed by atoms with Crippen molar-refractivity contribution in [2.75, 3.05) is 6.54 Å². The summed E-state index contributed by atoms with van der Waals surface area (Å²) in [5.41, 5.74) is 6.78. The van der Waals surface area contributed by atoms with Crippen molar-refractivity contribution in [2.45, 2.75) is 6.54 Å². The van der Waals surface area contributed by atoms with Crippen molar-refractivity contribution in [3.05, 3.63) is 46.2 Å². The average molecular weight is 272 g/mol. The van der Waals surface area contributed by atoms with E-state index in [2.05, 4.69) is 27.1 Å². The maximum atomic E-state index is 12.0. The number of hydrogen-bond donors (Lipinski definition) is 2. The highest BCUT2D eigenvalue weighted by atomic mass is 32.1. The van der Waals surface area contributed by atoms with E-state index in [0.29, 0.717) is 17.0 Å². The van der Waals surface area contributed by atoms with Crippen LogP contribution in [-0.2, 0) is 6.54 Å². The van der Waals surface area contributed by atoms with Crippen LogP contribution >= 0.6 is 11.3 Å². The van der Waals surface area contributed by atoms with Gasteiger partial charge in [0.15, 0.2) is 0 Å². The number of aromatic nitrogens is 2. The van der Waals surface area contributed by atoms with Crippen molar-refractivity contribution in [2.24, 2.45) is 5.73 Å². The number of carbonyl (C=O) groups is 1. The molecular formula is C13H12N4OS. The smallest absolute Gasteiger partial charge is 0.262 e. The van der Waals surface area contributed by atoms with Gasteiger partial charge in [0.2, 0.25) is 0 Å². The summed E-state index contributed by atoms with van der Waals surface area (Å²) in [7, 11) is 0. The lowest BCUT2D eigenvalue weighted by Gasteiger charge is -2.03. The molecule has 19 heavy (non-hydrogen) atoms. The van der Waals surface area contributed by atoms with E-state index >= 15 is 0 Å². The van der Waals surface area contributed by atoms with E-state index in [1.54, 1.807) is 12.3 Å². The van der Waals surface area contributed by atoms with Crippen molar-refractivity contribution < 1.29 is 4.79 Å². The van der Waals surface area contributed by atoms with Crippen LogP contribution in [0.3, 0.4) is 0 Å². The monoisotopic (exact) mass is 272 g/mol. The molecule has 0 saturated carbocycles. The highest BCUT2D eigenvalue weighted by molar-refractivity contribution is 7.12. The van der Waals surface area contributed by atoms with Gasteiger partial charge in [-0.3, -0.25) is 4.79 Å². The molecule has 6 heteroatoms. The molecule has 2 heterocycles. The van der Waals surface area contributed by atoms with Gasteiger partial charge >= 0.3 is 0 Å². The van der Waals surface area contributed by atoms with E-state index < -0.39 is 0 Å². The lowest BCUT2D eigenvalue weighted by atomic mass is 10.2. The van der Waals surface area contributed by atoms with Crippen LogP contribution in [-0.4, -0.2) is 22.4 Å². The molecule has 2 aromatic rings. The average Bonchev–Trinajstić information content (AvgIpc) is 2.92. The Balaban J connectivity index is 2.02. The summed E-state index contributed by atoms with van der Waals surface area (Å²) in [4.78, 5) is 20.5. The van der Waals surface area contributed by atoms with Crippen molar-refractivity contribution in [1.82, 2.24) is 15.3 Å². The zero-order chi connectivity index (χ0) is 13.5. The summed E-state index contributed by atoms with van der Waals surface area (Å²) in [6, 6.07) is 3.57. The van der Waals surface area contributed by atoms with Crippen LogP contribution in [0.5, 0.6) is 0 Å². The van der Waals surface area contributed by atoms with Gasteiger partial charge in [0.25, 0.3) is 5.91 Å². The third kappa shape index (κ3) is 3.61. The van der Waals surface area contributed by atoms with Gasteiger partial charge in [-0.2, -0.15) is 0 Å². The van der Waals surface area contributed by atoms with Gasteiger partial charge < -0.3 is 11.1 Å². The van der Waals surface area contributed by atoms with Gasteiger partial charge in [0, 0.05) is 11.8 Å². The molecule has 2 rings (SSSR count). The molecule has 0 atom stereocenters. The summed E-state index contributed by atoms with van der Waals surface area (Å²) in [5, 5.41) is 4.63. The van der Waals surface area contributed by atoms with Gasteiger partial charge in [-0.15, -0.1) is 11.3 Å². The zero-order valence-corrected chi connectivity index (χ0v) is 10.9. The van der Waals surface area contributed by atoms with Crippen molar-refractivity contribution in [3.8, 4) is 11.8 Å². The fourth-order valence-electron chi connectivity index (χ4n) is 1.40. The van der Waals surface area contributed by atoms with E-state index in [-0.39, 0.29) is 12.5 Å². The summed E-state index contributed by atoms with van der Waals surface area (Å²) in [6.45, 7) is 0.640. The van der Waals surface area contributed by atoms with Crippen LogP contribution in [0.2, 0.25) is 0 Å². The largest absolute Gasteiger partial charge is 0.346 e. The van der Waals surface area contributed by atoms with Crippen LogP contribution in [0.1, 0.15) is 20.9 Å². The Labute approximate surface area is 114 Å². The van der Waals surface area contributed by atoms with Crippen molar-refractivity contribution >= 4 is 17.2 Å². The predicted molar refractivity (Wildman–Crippen MR) is 73.5 cm³/mol. The Bertz CT molecular complexity index is 612. The van der Waals surface area contributed by atoms with E-state index in [1.165, 1.54) is 17.7 Å². The van der Waals surface area contributed by atoms with E-state index in [1.807, 2.05) is 11.4 Å². The number of nitrogens with two attached hydrogens (primary N) is 1. The summed E-state index contributed by atoms with van der Waals surface area (Å²) in [5.74, 6) is 5.47. The van der Waals surface area contributed by atoms with Crippen molar-refractivity contribution in [3.63, 3.8) is 0 Å². The highest BCUT2D eigenvalue weighted by Gasteiger charge is 2.11. The summed E-state index contributed by atoms with van der Waals surface area (Å²) >= 11 is 1.36. The number of hydrogen-bond acceptors (Lipinski definition) is 5. The number of nitrogens with one attached hydrogen (secondary N) is 1. The minimum atomic E-state index is -0.157. The lowest BCUT2D eigenvalue weighted by molar-refractivity contribution is 0.0954. The quantitative estimate of drug-likeness (QED) is 0.809. The van der Waals surface area contributed by atoms with Gasteiger partial charge in [-0.25, -0.2) is 9.97 Å². The second-order valence-electron chi connectivity index (χ2n) is 3.55. The first kappa shape index (κ1) is 13.2. The Morgan fingerprint density at radius 3 is 3.11 bits per heavy atom. The molecule has 0 aliphatic heterocycles. The van der Waals surface area contributed by atoms with E-state index in [4.69, 9.17) is 5.73 Å². The van der Waals surface area contributed by atoms with Gasteiger partial charge in [0.1, 0.15) is 11.2 Å². The van der Waals surface area contributed by atoms with Gasteiger partial charge in [-0.05, 0) is 17.5 Å². The molecule has 0 saturated heterocycles. The van der Waals surface area contributed by atoms with Crippen LogP contribution in [0.15, 0.2) is 30.0 Å². The molecule has 3 N–H and O–H groups in total. The summed E-state index contributed by atoms with van der Waals surface area (Å²) in [6.07, 6.45) is 3.09. The fourth-order valence-corrected chi connectivity index (χ4v) is 2.17. The van der Waals surface area contributed by atoms with Crippen LogP contribution in [0.4, 0.5) is 0 Å². The summed E-state index contributed by atoms with van der Waals surface area (Å²) < 4.78 is 0. The van der Waals surface area contributed by atoms with Crippen LogP contribution < -0.4 is 11.1 Å². The normalized spacial score (nSPS) is 9.53. The first-order valence-electron chi connectivity index (χ1n) is 5.61. The van der Waals surface area contributed by atoms with Crippen molar-refractivity contribution in [1.29, 1.82) is 0 Å². The maximum Gasteiger partial charge on any atom is 0.262 e. The standard InChI is InChI=1S/C13H12N4OS/c14-5-1-2-10-4-7-19-12(10)13(18)16-8-11-3-6-15-9-17-11/h3-4,6-7,9H,5,8,14H2,(H,16,18). The highest BCUT2D eigenvalue weighted by Crippen LogP contribution is 2.15. The molecular weight excluding hydrogens is 260 g/mol. The molecule has 0 aromatic carbocycles.